The molecule has 1 unspecified atom stereocenters. The minimum atomic E-state index is -0.712. The number of anilines is 1. The Kier molecular flexibility index (Phi) is 8.19. The van der Waals surface area contributed by atoms with Crippen LogP contribution < -0.4 is 10.6 Å². The minimum absolute atomic E-state index is 0.209. The molecule has 8 heteroatoms. The molecule has 0 bridgehead atoms. The Hall–Kier alpha value is -2.77. The zero-order valence-corrected chi connectivity index (χ0v) is 21.2. The number of rotatable bonds is 7. The highest BCUT2D eigenvalue weighted by Crippen LogP contribution is 2.45. The van der Waals surface area contributed by atoms with Crippen molar-refractivity contribution >= 4 is 52.3 Å². The number of halogens is 1. The standard InChI is InChI=1S/C27H30ClN3O3S/c1-30-25(18-9-11-21(12-10-18)31-27(34)19-3-2-4-20(28)14-19)26-24(29)22(15-35-26)17-7-5-16(6-8-17)13-23(32)33/h2-4,9-12,14,16-17,22,29-30H,5-8,13,15H2,1H3,(H,31,34)(H,32,33)/b26-25+,29-24?. The highest BCUT2D eigenvalue weighted by Gasteiger charge is 2.37. The third-order valence-electron chi connectivity index (χ3n) is 6.94. The maximum Gasteiger partial charge on any atom is 0.303 e. The molecule has 1 saturated carbocycles. The zero-order valence-electron chi connectivity index (χ0n) is 19.6. The van der Waals surface area contributed by atoms with Gasteiger partial charge in [-0.1, -0.05) is 29.8 Å². The van der Waals surface area contributed by atoms with E-state index in [1.54, 1.807) is 36.0 Å². The van der Waals surface area contributed by atoms with Gasteiger partial charge in [-0.25, -0.2) is 0 Å². The van der Waals surface area contributed by atoms with Gasteiger partial charge in [0.25, 0.3) is 5.91 Å². The molecule has 1 aliphatic carbocycles. The Morgan fingerprint density at radius 2 is 1.80 bits per heavy atom. The number of hydrogen-bond acceptors (Lipinski definition) is 5. The molecule has 1 heterocycles. The first kappa shape index (κ1) is 25.3. The number of carbonyl (C=O) groups excluding carboxylic acids is 1. The Labute approximate surface area is 215 Å². The third kappa shape index (κ3) is 6.08. The summed E-state index contributed by atoms with van der Waals surface area (Å²) in [6.07, 6.45) is 4.12. The molecule has 1 saturated heterocycles. The SMILES string of the molecule is CN/C(=C1/SCC(C2CCC(CC(=O)O)CC2)C1=N)c1ccc(NC(=O)c2cccc(Cl)c2)cc1. The maximum absolute atomic E-state index is 12.5. The predicted octanol–water partition coefficient (Wildman–Crippen LogP) is 6.14. The van der Waals surface area contributed by atoms with Crippen molar-refractivity contribution in [2.45, 2.75) is 32.1 Å². The number of thioether (sulfide) groups is 1. The van der Waals surface area contributed by atoms with E-state index in [0.717, 1.165) is 47.6 Å². The second-order valence-corrected chi connectivity index (χ2v) is 10.7. The number of hydrogen-bond donors (Lipinski definition) is 4. The predicted molar refractivity (Wildman–Crippen MR) is 143 cm³/mol. The van der Waals surface area contributed by atoms with E-state index in [-0.39, 0.29) is 24.2 Å². The molecule has 0 spiro atoms. The molecule has 4 N–H and O–H groups in total. The van der Waals surface area contributed by atoms with Crippen molar-refractivity contribution in [2.75, 3.05) is 18.1 Å². The van der Waals surface area contributed by atoms with Gasteiger partial charge in [-0.2, -0.15) is 0 Å². The van der Waals surface area contributed by atoms with Crippen molar-refractivity contribution in [3.05, 3.63) is 69.6 Å². The topological polar surface area (TPSA) is 102 Å². The van der Waals surface area contributed by atoms with Crippen molar-refractivity contribution in [3.63, 3.8) is 0 Å². The number of carboxylic acid groups (broad SMARTS) is 1. The van der Waals surface area contributed by atoms with Gasteiger partial charge < -0.3 is 21.1 Å². The molecular formula is C27H30ClN3O3S. The molecule has 2 aliphatic rings. The average Bonchev–Trinajstić information content (AvgIpc) is 3.22. The number of amides is 1. The molecule has 0 radical (unpaired) electrons. The quantitative estimate of drug-likeness (QED) is 0.357. The summed E-state index contributed by atoms with van der Waals surface area (Å²) in [7, 11) is 1.87. The molecule has 0 aromatic heterocycles. The van der Waals surface area contributed by atoms with Crippen LogP contribution in [0.3, 0.4) is 0 Å². The van der Waals surface area contributed by atoms with Crippen LogP contribution >= 0.6 is 23.4 Å². The molecule has 35 heavy (non-hydrogen) atoms. The number of allylic oxidation sites excluding steroid dienone is 1. The fourth-order valence-electron chi connectivity index (χ4n) is 5.07. The Morgan fingerprint density at radius 1 is 1.09 bits per heavy atom. The monoisotopic (exact) mass is 511 g/mol. The Bertz CT molecular complexity index is 1140. The van der Waals surface area contributed by atoms with E-state index in [9.17, 15) is 9.59 Å². The van der Waals surface area contributed by atoms with Crippen molar-refractivity contribution < 1.29 is 14.7 Å². The van der Waals surface area contributed by atoms with Crippen LogP contribution in [0.1, 0.15) is 48.0 Å². The van der Waals surface area contributed by atoms with Gasteiger partial charge in [0.2, 0.25) is 0 Å². The van der Waals surface area contributed by atoms with Crippen LogP contribution in [0.2, 0.25) is 5.02 Å². The van der Waals surface area contributed by atoms with Gasteiger partial charge in [0.05, 0.1) is 16.3 Å². The van der Waals surface area contributed by atoms with Gasteiger partial charge in [-0.05, 0) is 73.4 Å². The highest BCUT2D eigenvalue weighted by molar-refractivity contribution is 8.04. The van der Waals surface area contributed by atoms with E-state index in [2.05, 4.69) is 10.6 Å². The van der Waals surface area contributed by atoms with Crippen molar-refractivity contribution in [1.82, 2.24) is 5.32 Å². The minimum Gasteiger partial charge on any atom is -0.481 e. The zero-order chi connectivity index (χ0) is 24.9. The summed E-state index contributed by atoms with van der Waals surface area (Å²) >= 11 is 7.71. The third-order valence-corrected chi connectivity index (χ3v) is 8.42. The second kappa shape index (κ2) is 11.3. The summed E-state index contributed by atoms with van der Waals surface area (Å²) in [5.74, 6) is 0.882. The van der Waals surface area contributed by atoms with E-state index in [1.807, 2.05) is 31.3 Å². The summed E-state index contributed by atoms with van der Waals surface area (Å²) in [6.45, 7) is 0. The van der Waals surface area contributed by atoms with Crippen molar-refractivity contribution in [1.29, 1.82) is 5.41 Å². The summed E-state index contributed by atoms with van der Waals surface area (Å²) < 4.78 is 0. The fourth-order valence-corrected chi connectivity index (χ4v) is 6.71. The smallest absolute Gasteiger partial charge is 0.303 e. The Morgan fingerprint density at radius 3 is 2.43 bits per heavy atom. The number of aliphatic carboxylic acids is 1. The van der Waals surface area contributed by atoms with Crippen LogP contribution in [0.5, 0.6) is 0 Å². The molecule has 2 aromatic rings. The number of carbonyl (C=O) groups is 2. The van der Waals surface area contributed by atoms with Crippen LogP contribution in [0.25, 0.3) is 5.70 Å². The van der Waals surface area contributed by atoms with Crippen LogP contribution in [0, 0.1) is 23.2 Å². The molecule has 1 amide bonds. The van der Waals surface area contributed by atoms with Gasteiger partial charge in [0.1, 0.15) is 0 Å². The lowest BCUT2D eigenvalue weighted by molar-refractivity contribution is -0.138. The van der Waals surface area contributed by atoms with E-state index >= 15 is 0 Å². The summed E-state index contributed by atoms with van der Waals surface area (Å²) in [5.41, 5.74) is 3.75. The molecule has 184 valence electrons. The molecule has 2 fully saturated rings. The van der Waals surface area contributed by atoms with Crippen LogP contribution in [0.4, 0.5) is 5.69 Å². The van der Waals surface area contributed by atoms with Gasteiger partial charge >= 0.3 is 5.97 Å². The normalized spacial score (nSPS) is 23.6. The summed E-state index contributed by atoms with van der Waals surface area (Å²) in [5, 5.41) is 24.7. The van der Waals surface area contributed by atoms with Crippen LogP contribution in [-0.2, 0) is 4.79 Å². The lowest BCUT2D eigenvalue weighted by atomic mass is 9.74. The first-order valence-corrected chi connectivity index (χ1v) is 13.2. The molecule has 1 aliphatic heterocycles. The first-order valence-electron chi connectivity index (χ1n) is 11.9. The van der Waals surface area contributed by atoms with Crippen molar-refractivity contribution in [2.24, 2.45) is 17.8 Å². The largest absolute Gasteiger partial charge is 0.481 e. The van der Waals surface area contributed by atoms with E-state index < -0.39 is 5.97 Å². The second-order valence-electron chi connectivity index (χ2n) is 9.21. The molecule has 1 atom stereocenters. The van der Waals surface area contributed by atoms with Gasteiger partial charge in [-0.3, -0.25) is 9.59 Å². The Balaban J connectivity index is 1.43. The lowest BCUT2D eigenvalue weighted by Crippen LogP contribution is -2.27. The number of benzene rings is 2. The van der Waals surface area contributed by atoms with E-state index in [4.69, 9.17) is 22.1 Å². The van der Waals surface area contributed by atoms with Crippen molar-refractivity contribution in [3.8, 4) is 0 Å². The van der Waals surface area contributed by atoms with Crippen LogP contribution in [0.15, 0.2) is 53.4 Å². The molecule has 6 nitrogen and oxygen atoms in total. The van der Waals surface area contributed by atoms with Crippen LogP contribution in [-0.4, -0.2) is 35.5 Å². The number of carboxylic acids is 1. The van der Waals surface area contributed by atoms with Gasteiger partial charge in [-0.15, -0.1) is 11.8 Å². The van der Waals surface area contributed by atoms with E-state index in [1.165, 1.54) is 0 Å². The maximum atomic E-state index is 12.5. The lowest BCUT2D eigenvalue weighted by Gasteiger charge is -2.31. The molecular weight excluding hydrogens is 482 g/mol. The molecule has 4 rings (SSSR count). The van der Waals surface area contributed by atoms with E-state index in [0.29, 0.717) is 27.9 Å². The highest BCUT2D eigenvalue weighted by atomic mass is 35.5. The average molecular weight is 512 g/mol. The first-order chi connectivity index (χ1) is 16.9. The summed E-state index contributed by atoms with van der Waals surface area (Å²) in [6, 6.07) is 14.4. The fraction of sp³-hybridized carbons (Fsp3) is 0.370. The number of nitrogens with one attached hydrogen (secondary N) is 3. The van der Waals surface area contributed by atoms with Gasteiger partial charge in [0.15, 0.2) is 0 Å². The van der Waals surface area contributed by atoms with Gasteiger partial charge in [0, 0.05) is 41.4 Å². The summed E-state index contributed by atoms with van der Waals surface area (Å²) in [4.78, 5) is 24.5. The molecule has 2 aromatic carbocycles.